The predicted molar refractivity (Wildman–Crippen MR) is 57.3 cm³/mol. The molecule has 0 saturated carbocycles. The number of likely N-dealkylation sites (N-methyl/N-ethyl adjacent to an activating group) is 1. The highest BCUT2D eigenvalue weighted by Crippen LogP contribution is 2.28. The first-order chi connectivity index (χ1) is 6.27. The maximum Gasteiger partial charge on any atom is 0.0546 e. The molecule has 1 aromatic rings. The van der Waals surface area contributed by atoms with E-state index in [1.165, 1.54) is 6.42 Å². The van der Waals surface area contributed by atoms with E-state index in [1.54, 1.807) is 10.4 Å². The summed E-state index contributed by atoms with van der Waals surface area (Å²) < 4.78 is 0. The van der Waals surface area contributed by atoms with Crippen molar-refractivity contribution >= 4 is 11.3 Å². The third kappa shape index (κ3) is 1.93. The lowest BCUT2D eigenvalue weighted by molar-refractivity contribution is 0.338. The molecule has 2 heterocycles. The van der Waals surface area contributed by atoms with Gasteiger partial charge in [0.25, 0.3) is 0 Å². The van der Waals surface area contributed by atoms with Crippen LogP contribution in [0.3, 0.4) is 0 Å². The summed E-state index contributed by atoms with van der Waals surface area (Å²) in [5.74, 6) is 0. The SMILES string of the molecule is CN(C)CC1NCCc2ccsc21. The van der Waals surface area contributed by atoms with Gasteiger partial charge in [0.2, 0.25) is 0 Å². The van der Waals surface area contributed by atoms with Crippen molar-refractivity contribution in [3.63, 3.8) is 0 Å². The van der Waals surface area contributed by atoms with Gasteiger partial charge in [-0.2, -0.15) is 0 Å². The molecule has 0 saturated heterocycles. The number of nitrogens with one attached hydrogen (secondary N) is 1. The molecule has 13 heavy (non-hydrogen) atoms. The van der Waals surface area contributed by atoms with Gasteiger partial charge in [0.15, 0.2) is 0 Å². The van der Waals surface area contributed by atoms with Crippen molar-refractivity contribution in [3.8, 4) is 0 Å². The monoisotopic (exact) mass is 196 g/mol. The van der Waals surface area contributed by atoms with Gasteiger partial charge in [-0.1, -0.05) is 0 Å². The molecule has 0 fully saturated rings. The van der Waals surface area contributed by atoms with Crippen LogP contribution in [-0.2, 0) is 6.42 Å². The highest BCUT2D eigenvalue weighted by Gasteiger charge is 2.20. The highest BCUT2D eigenvalue weighted by molar-refractivity contribution is 7.10. The first-order valence-electron chi connectivity index (χ1n) is 4.72. The maximum atomic E-state index is 3.56. The predicted octanol–water partition coefficient (Wildman–Crippen LogP) is 1.50. The molecule has 0 spiro atoms. The molecule has 1 aromatic heterocycles. The van der Waals surface area contributed by atoms with E-state index in [4.69, 9.17) is 0 Å². The summed E-state index contributed by atoms with van der Waals surface area (Å²) in [5.41, 5.74) is 1.55. The van der Waals surface area contributed by atoms with Crippen LogP contribution in [0.25, 0.3) is 0 Å². The van der Waals surface area contributed by atoms with Crippen LogP contribution in [-0.4, -0.2) is 32.1 Å². The van der Waals surface area contributed by atoms with E-state index in [9.17, 15) is 0 Å². The third-order valence-electron chi connectivity index (χ3n) is 2.43. The van der Waals surface area contributed by atoms with Gasteiger partial charge in [0, 0.05) is 11.4 Å². The largest absolute Gasteiger partial charge is 0.308 e. The molecule has 1 aliphatic rings. The Labute approximate surface area is 83.6 Å². The lowest BCUT2D eigenvalue weighted by atomic mass is 10.0. The van der Waals surface area contributed by atoms with E-state index in [-0.39, 0.29) is 0 Å². The number of nitrogens with zero attached hydrogens (tertiary/aromatic N) is 1. The highest BCUT2D eigenvalue weighted by atomic mass is 32.1. The van der Waals surface area contributed by atoms with E-state index in [2.05, 4.69) is 35.8 Å². The molecule has 1 atom stereocenters. The fourth-order valence-electron chi connectivity index (χ4n) is 1.85. The minimum Gasteiger partial charge on any atom is -0.308 e. The zero-order valence-electron chi connectivity index (χ0n) is 8.21. The summed E-state index contributed by atoms with van der Waals surface area (Å²) in [6, 6.07) is 2.82. The average Bonchev–Trinajstić information content (AvgIpc) is 2.51. The van der Waals surface area contributed by atoms with Gasteiger partial charge in [0.05, 0.1) is 6.04 Å². The molecule has 0 amide bonds. The van der Waals surface area contributed by atoms with Crippen molar-refractivity contribution in [3.05, 3.63) is 21.9 Å². The van der Waals surface area contributed by atoms with Crippen LogP contribution >= 0.6 is 11.3 Å². The summed E-state index contributed by atoms with van der Waals surface area (Å²) in [6.45, 7) is 2.23. The lowest BCUT2D eigenvalue weighted by Crippen LogP contribution is -2.35. The fraction of sp³-hybridized carbons (Fsp3) is 0.600. The van der Waals surface area contributed by atoms with Crippen LogP contribution in [0.15, 0.2) is 11.4 Å². The standard InChI is InChI=1S/C10H16N2S/c1-12(2)7-9-10-8(3-5-11-9)4-6-13-10/h4,6,9,11H,3,5,7H2,1-2H3. The Kier molecular flexibility index (Phi) is 2.67. The molecule has 0 radical (unpaired) electrons. The van der Waals surface area contributed by atoms with Gasteiger partial charge in [-0.3, -0.25) is 0 Å². The topological polar surface area (TPSA) is 15.3 Å². The summed E-state index contributed by atoms with van der Waals surface area (Å²) >= 11 is 1.89. The Hall–Kier alpha value is -0.380. The van der Waals surface area contributed by atoms with Crippen LogP contribution in [0.5, 0.6) is 0 Å². The van der Waals surface area contributed by atoms with Crippen LogP contribution < -0.4 is 5.32 Å². The minimum absolute atomic E-state index is 0.554. The molecule has 72 valence electrons. The zero-order chi connectivity index (χ0) is 9.26. The molecule has 2 rings (SSSR count). The van der Waals surface area contributed by atoms with Crippen LogP contribution in [0.2, 0.25) is 0 Å². The van der Waals surface area contributed by atoms with E-state index in [1.807, 2.05) is 11.3 Å². The van der Waals surface area contributed by atoms with Crippen molar-refractivity contribution in [2.24, 2.45) is 0 Å². The van der Waals surface area contributed by atoms with Crippen molar-refractivity contribution < 1.29 is 0 Å². The third-order valence-corrected chi connectivity index (χ3v) is 3.50. The molecule has 1 unspecified atom stereocenters. The Morgan fingerprint density at radius 3 is 3.23 bits per heavy atom. The molecule has 1 aliphatic heterocycles. The molecular formula is C10H16N2S. The summed E-state index contributed by atoms with van der Waals surface area (Å²) in [4.78, 5) is 3.78. The first-order valence-corrected chi connectivity index (χ1v) is 5.59. The van der Waals surface area contributed by atoms with Crippen molar-refractivity contribution in [2.75, 3.05) is 27.2 Å². The fourth-order valence-corrected chi connectivity index (χ4v) is 2.87. The number of hydrogen-bond donors (Lipinski definition) is 1. The van der Waals surface area contributed by atoms with Gasteiger partial charge in [-0.05, 0) is 44.1 Å². The second-order valence-electron chi connectivity index (χ2n) is 3.83. The summed E-state index contributed by atoms with van der Waals surface area (Å²) in [7, 11) is 4.26. The summed E-state index contributed by atoms with van der Waals surface area (Å²) in [6.07, 6.45) is 1.20. The molecule has 1 N–H and O–H groups in total. The number of thiophene rings is 1. The minimum atomic E-state index is 0.554. The van der Waals surface area contributed by atoms with E-state index in [0.29, 0.717) is 6.04 Å². The van der Waals surface area contributed by atoms with Crippen molar-refractivity contribution in [1.82, 2.24) is 10.2 Å². The molecular weight excluding hydrogens is 180 g/mol. The average molecular weight is 196 g/mol. The van der Waals surface area contributed by atoms with Gasteiger partial charge in [-0.25, -0.2) is 0 Å². The maximum absolute atomic E-state index is 3.56. The molecule has 0 aromatic carbocycles. The van der Waals surface area contributed by atoms with Gasteiger partial charge < -0.3 is 10.2 Å². The molecule has 2 nitrogen and oxygen atoms in total. The Morgan fingerprint density at radius 2 is 2.46 bits per heavy atom. The van der Waals surface area contributed by atoms with Gasteiger partial charge in [-0.15, -0.1) is 11.3 Å². The molecule has 0 bridgehead atoms. The lowest BCUT2D eigenvalue weighted by Gasteiger charge is -2.26. The van der Waals surface area contributed by atoms with Crippen molar-refractivity contribution in [1.29, 1.82) is 0 Å². The number of hydrogen-bond acceptors (Lipinski definition) is 3. The normalized spacial score (nSPS) is 21.9. The van der Waals surface area contributed by atoms with Gasteiger partial charge >= 0.3 is 0 Å². The van der Waals surface area contributed by atoms with Crippen LogP contribution in [0.1, 0.15) is 16.5 Å². The second-order valence-corrected chi connectivity index (χ2v) is 4.78. The second kappa shape index (κ2) is 3.78. The zero-order valence-corrected chi connectivity index (χ0v) is 9.03. The Balaban J connectivity index is 2.15. The quantitative estimate of drug-likeness (QED) is 0.771. The molecule has 0 aliphatic carbocycles. The van der Waals surface area contributed by atoms with Gasteiger partial charge in [0.1, 0.15) is 0 Å². The van der Waals surface area contributed by atoms with E-state index >= 15 is 0 Å². The van der Waals surface area contributed by atoms with Crippen LogP contribution in [0.4, 0.5) is 0 Å². The summed E-state index contributed by atoms with van der Waals surface area (Å²) in [5, 5.41) is 5.77. The Morgan fingerprint density at radius 1 is 1.62 bits per heavy atom. The van der Waals surface area contributed by atoms with Crippen molar-refractivity contribution in [2.45, 2.75) is 12.5 Å². The number of rotatable bonds is 2. The van der Waals surface area contributed by atoms with Crippen LogP contribution in [0, 0.1) is 0 Å². The smallest absolute Gasteiger partial charge is 0.0546 e. The Bertz CT molecular complexity index is 280. The van der Waals surface area contributed by atoms with E-state index < -0.39 is 0 Å². The first kappa shape index (κ1) is 9.19. The van der Waals surface area contributed by atoms with E-state index in [0.717, 1.165) is 13.1 Å². The number of fused-ring (bicyclic) bond motifs is 1. The molecule has 3 heteroatoms.